The van der Waals surface area contributed by atoms with Crippen LogP contribution in [0.4, 0.5) is 0 Å². The molecule has 0 amide bonds. The lowest BCUT2D eigenvalue weighted by atomic mass is 9.89. The van der Waals surface area contributed by atoms with Crippen molar-refractivity contribution in [1.29, 1.82) is 0 Å². The molecule has 4 rings (SSSR count). The molecule has 6 N–H and O–H groups in total. The molecule has 2 aromatic carbocycles. The molecule has 170 valence electrons. The van der Waals surface area contributed by atoms with Crippen molar-refractivity contribution in [2.45, 2.75) is 30.5 Å². The second-order valence-corrected chi connectivity index (χ2v) is 7.49. The van der Waals surface area contributed by atoms with Crippen molar-refractivity contribution < 1.29 is 44.5 Å². The lowest BCUT2D eigenvalue weighted by molar-refractivity contribution is -0.232. The monoisotopic (exact) mass is 446 g/mol. The predicted octanol–water partition coefficient (Wildman–Crippen LogP) is 0.395. The summed E-state index contributed by atoms with van der Waals surface area (Å²) in [4.78, 5) is 12.9. The molecule has 2 heterocycles. The maximum atomic E-state index is 12.9. The maximum Gasteiger partial charge on any atom is 0.197 e. The van der Waals surface area contributed by atoms with E-state index in [0.29, 0.717) is 5.56 Å². The Hall–Kier alpha value is -3.15. The number of aromatic hydroxyl groups is 2. The van der Waals surface area contributed by atoms with Crippen LogP contribution < -0.4 is 10.2 Å². The first kappa shape index (κ1) is 22.1. The highest BCUT2D eigenvalue weighted by molar-refractivity contribution is 5.88. The van der Waals surface area contributed by atoms with Crippen molar-refractivity contribution >= 4 is 11.0 Å². The number of hydrogen-bond donors (Lipinski definition) is 6. The van der Waals surface area contributed by atoms with Crippen LogP contribution in [-0.2, 0) is 4.74 Å². The van der Waals surface area contributed by atoms with Crippen LogP contribution in [0.1, 0.15) is 11.7 Å². The van der Waals surface area contributed by atoms with Gasteiger partial charge in [-0.05, 0) is 24.3 Å². The Morgan fingerprint density at radius 3 is 2.31 bits per heavy atom. The molecule has 5 atom stereocenters. The zero-order valence-corrected chi connectivity index (χ0v) is 16.9. The fraction of sp³-hybridized carbons (Fsp3) is 0.318. The largest absolute Gasteiger partial charge is 0.508 e. The van der Waals surface area contributed by atoms with Gasteiger partial charge in [0, 0.05) is 17.7 Å². The molecule has 1 saturated heterocycles. The van der Waals surface area contributed by atoms with Gasteiger partial charge < -0.3 is 44.5 Å². The average molecular weight is 446 g/mol. The number of aliphatic hydroxyl groups is 4. The number of phenols is 2. The van der Waals surface area contributed by atoms with Crippen LogP contribution in [0, 0.1) is 0 Å². The van der Waals surface area contributed by atoms with E-state index in [-0.39, 0.29) is 33.8 Å². The number of rotatable bonds is 4. The number of ether oxygens (including phenoxy) is 2. The van der Waals surface area contributed by atoms with Gasteiger partial charge in [-0.1, -0.05) is 0 Å². The third-order valence-corrected chi connectivity index (χ3v) is 5.54. The smallest absolute Gasteiger partial charge is 0.197 e. The molecule has 3 aromatic rings. The van der Waals surface area contributed by atoms with Crippen molar-refractivity contribution in [2.75, 3.05) is 13.7 Å². The Morgan fingerprint density at radius 1 is 1.00 bits per heavy atom. The fourth-order valence-corrected chi connectivity index (χ4v) is 3.85. The van der Waals surface area contributed by atoms with Crippen LogP contribution in [-0.4, -0.2) is 68.8 Å². The Labute approximate surface area is 181 Å². The van der Waals surface area contributed by atoms with E-state index in [4.69, 9.17) is 13.9 Å². The first-order valence-electron chi connectivity index (χ1n) is 9.74. The highest BCUT2D eigenvalue weighted by Crippen LogP contribution is 2.45. The first-order valence-corrected chi connectivity index (χ1v) is 9.74. The molecule has 0 bridgehead atoms. The Morgan fingerprint density at radius 2 is 1.69 bits per heavy atom. The van der Waals surface area contributed by atoms with Gasteiger partial charge in [0.15, 0.2) is 5.43 Å². The van der Waals surface area contributed by atoms with Gasteiger partial charge in [-0.25, -0.2) is 0 Å². The second kappa shape index (κ2) is 8.41. The van der Waals surface area contributed by atoms with Crippen LogP contribution >= 0.6 is 0 Å². The standard InChI is InChI=1S/C22H22O10/c1-30-13-7-14-16(11(25)6-12(31-14)9-2-4-10(24)5-3-9)19(27)17(13)22-21(29)20(28)18(26)15(8-23)32-22/h2-7,15,18,20-24,26-29H,8H2,1H3/t15-,18+,20+,21+,22+/m1/s1. The maximum absolute atomic E-state index is 12.9. The predicted molar refractivity (Wildman–Crippen MR) is 111 cm³/mol. The van der Waals surface area contributed by atoms with Gasteiger partial charge >= 0.3 is 0 Å². The van der Waals surface area contributed by atoms with E-state index < -0.39 is 48.3 Å². The summed E-state index contributed by atoms with van der Waals surface area (Å²) in [6, 6.07) is 8.46. The Bertz CT molecular complexity index is 1180. The normalized spacial score (nSPS) is 25.7. The van der Waals surface area contributed by atoms with Gasteiger partial charge in [-0.15, -0.1) is 0 Å². The summed E-state index contributed by atoms with van der Waals surface area (Å²) >= 11 is 0. The van der Waals surface area contributed by atoms with E-state index in [2.05, 4.69) is 0 Å². The quantitative estimate of drug-likeness (QED) is 0.330. The zero-order chi connectivity index (χ0) is 23.2. The molecule has 32 heavy (non-hydrogen) atoms. The molecule has 0 aliphatic carbocycles. The molecule has 10 heteroatoms. The third-order valence-electron chi connectivity index (χ3n) is 5.54. The van der Waals surface area contributed by atoms with E-state index in [1.807, 2.05) is 0 Å². The lowest BCUT2D eigenvalue weighted by Crippen LogP contribution is -2.55. The molecule has 1 aliphatic heterocycles. The number of fused-ring (bicyclic) bond motifs is 1. The Balaban J connectivity index is 1.89. The van der Waals surface area contributed by atoms with E-state index in [9.17, 15) is 35.4 Å². The molecule has 1 aromatic heterocycles. The fourth-order valence-electron chi connectivity index (χ4n) is 3.85. The summed E-state index contributed by atoms with van der Waals surface area (Å²) in [6.45, 7) is -0.657. The Kier molecular flexibility index (Phi) is 5.80. The van der Waals surface area contributed by atoms with Crippen LogP contribution in [0.15, 0.2) is 45.6 Å². The van der Waals surface area contributed by atoms with E-state index in [1.54, 1.807) is 12.1 Å². The van der Waals surface area contributed by atoms with Gasteiger partial charge in [0.25, 0.3) is 0 Å². The molecular formula is C22H22O10. The van der Waals surface area contributed by atoms with E-state index in [1.165, 1.54) is 25.3 Å². The highest BCUT2D eigenvalue weighted by atomic mass is 16.5. The number of hydrogen-bond acceptors (Lipinski definition) is 10. The third kappa shape index (κ3) is 3.57. The molecule has 10 nitrogen and oxygen atoms in total. The summed E-state index contributed by atoms with van der Waals surface area (Å²) in [5.41, 5.74) is -0.233. The highest BCUT2D eigenvalue weighted by Gasteiger charge is 2.46. The van der Waals surface area contributed by atoms with Crippen molar-refractivity contribution in [1.82, 2.24) is 0 Å². The number of methoxy groups -OCH3 is 1. The van der Waals surface area contributed by atoms with Crippen LogP contribution in [0.3, 0.4) is 0 Å². The SMILES string of the molecule is COc1cc2oc(-c3ccc(O)cc3)cc(=O)c2c(O)c1[C@@H]1O[C@H](CO)[C@H](O)[C@H](O)[C@@H]1O. The molecule has 0 radical (unpaired) electrons. The molecular weight excluding hydrogens is 424 g/mol. The summed E-state index contributed by atoms with van der Waals surface area (Å²) < 4.78 is 16.6. The van der Waals surface area contributed by atoms with E-state index >= 15 is 0 Å². The molecule has 0 spiro atoms. The number of aliphatic hydroxyl groups excluding tert-OH is 4. The van der Waals surface area contributed by atoms with E-state index in [0.717, 1.165) is 6.07 Å². The van der Waals surface area contributed by atoms with Gasteiger partial charge in [0.2, 0.25) is 0 Å². The minimum Gasteiger partial charge on any atom is -0.508 e. The summed E-state index contributed by atoms with van der Waals surface area (Å²) in [6.07, 6.45) is -7.59. The molecule has 0 unspecified atom stereocenters. The van der Waals surface area contributed by atoms with Crippen molar-refractivity contribution in [3.8, 4) is 28.6 Å². The van der Waals surface area contributed by atoms with Gasteiger partial charge in [0.1, 0.15) is 64.5 Å². The van der Waals surface area contributed by atoms with Gasteiger partial charge in [-0.3, -0.25) is 4.79 Å². The minimum atomic E-state index is -1.69. The lowest BCUT2D eigenvalue weighted by Gasteiger charge is -2.40. The summed E-state index contributed by atoms with van der Waals surface area (Å²) in [5, 5.41) is 60.3. The molecule has 1 aliphatic rings. The first-order chi connectivity index (χ1) is 15.3. The van der Waals surface area contributed by atoms with Crippen molar-refractivity contribution in [2.24, 2.45) is 0 Å². The van der Waals surface area contributed by atoms with Gasteiger partial charge in [-0.2, -0.15) is 0 Å². The molecule has 0 saturated carbocycles. The average Bonchev–Trinajstić information content (AvgIpc) is 2.78. The summed E-state index contributed by atoms with van der Waals surface area (Å²) in [5.74, 6) is -0.370. The van der Waals surface area contributed by atoms with Crippen LogP contribution in [0.5, 0.6) is 17.2 Å². The second-order valence-electron chi connectivity index (χ2n) is 7.49. The zero-order valence-electron chi connectivity index (χ0n) is 16.9. The van der Waals surface area contributed by atoms with Crippen LogP contribution in [0.2, 0.25) is 0 Å². The molecule has 1 fully saturated rings. The van der Waals surface area contributed by atoms with Crippen molar-refractivity contribution in [3.05, 3.63) is 52.2 Å². The topological polar surface area (TPSA) is 170 Å². The summed E-state index contributed by atoms with van der Waals surface area (Å²) in [7, 11) is 1.29. The van der Waals surface area contributed by atoms with Crippen LogP contribution in [0.25, 0.3) is 22.3 Å². The number of benzene rings is 2. The van der Waals surface area contributed by atoms with Crippen molar-refractivity contribution in [3.63, 3.8) is 0 Å². The number of phenolic OH excluding ortho intramolecular Hbond substituents is 2. The van der Waals surface area contributed by atoms with Gasteiger partial charge in [0.05, 0.1) is 19.3 Å². The minimum absolute atomic E-state index is 0.00895.